The highest BCUT2D eigenvalue weighted by molar-refractivity contribution is 7.90. The molecule has 3 aromatic rings. The number of rotatable bonds is 7. The number of aromatic nitrogens is 1. The van der Waals surface area contributed by atoms with E-state index in [4.69, 9.17) is 4.74 Å². The Kier molecular flexibility index (Phi) is 8.32. The van der Waals surface area contributed by atoms with Crippen LogP contribution in [0.4, 0.5) is 28.9 Å². The number of alkyl halides is 4. The first-order valence-corrected chi connectivity index (χ1v) is 14.1. The van der Waals surface area contributed by atoms with Crippen molar-refractivity contribution >= 4 is 32.1 Å². The molecule has 1 fully saturated rings. The Hall–Kier alpha value is -3.43. The minimum absolute atomic E-state index is 0.0619. The number of anilines is 2. The van der Waals surface area contributed by atoms with Crippen LogP contribution in [-0.2, 0) is 16.4 Å². The highest BCUT2D eigenvalue weighted by Gasteiger charge is 2.31. The van der Waals surface area contributed by atoms with Gasteiger partial charge in [0.1, 0.15) is 18.5 Å². The molecule has 0 spiro atoms. The topological polar surface area (TPSA) is 75.6 Å². The number of nitrogens with zero attached hydrogens (tertiary/aromatic N) is 2. The van der Waals surface area contributed by atoms with Gasteiger partial charge in [0, 0.05) is 36.5 Å². The number of nitrogens with one attached hydrogen (secondary N) is 2. The van der Waals surface area contributed by atoms with E-state index in [1.54, 1.807) is 24.3 Å². The van der Waals surface area contributed by atoms with E-state index in [2.05, 4.69) is 22.5 Å². The summed E-state index contributed by atoms with van der Waals surface area (Å²) in [5.74, 6) is 5.95. The number of halogens is 4. The second-order valence-electron chi connectivity index (χ2n) is 9.58. The van der Waals surface area contributed by atoms with Crippen molar-refractivity contribution in [3.05, 3.63) is 48.2 Å². The van der Waals surface area contributed by atoms with Crippen LogP contribution < -0.4 is 15.4 Å². The average Bonchev–Trinajstić information content (AvgIpc) is 3.19. The molecule has 0 aliphatic carbocycles. The molecule has 2 atom stereocenters. The molecule has 0 saturated carbocycles. The zero-order valence-corrected chi connectivity index (χ0v) is 22.6. The quantitative estimate of drug-likeness (QED) is 0.323. The second kappa shape index (κ2) is 11.4. The lowest BCUT2D eigenvalue weighted by Crippen LogP contribution is -2.46. The summed E-state index contributed by atoms with van der Waals surface area (Å²) in [5.41, 5.74) is 1.55. The van der Waals surface area contributed by atoms with Gasteiger partial charge in [-0.3, -0.25) is 0 Å². The van der Waals surface area contributed by atoms with Gasteiger partial charge in [0.15, 0.2) is 9.84 Å². The number of methoxy groups -OCH3 is 1. The van der Waals surface area contributed by atoms with E-state index >= 15 is 0 Å². The number of benzene rings is 2. The smallest absolute Gasteiger partial charge is 0.406 e. The Labute approximate surface area is 225 Å². The molecule has 0 bridgehead atoms. The highest BCUT2D eigenvalue weighted by atomic mass is 32.2. The molecule has 39 heavy (non-hydrogen) atoms. The SMILES string of the molecule is COc1cc(S(C)(=O)=O)ccc1NCC#Cc1cc2c(N[C@H]3CCN(C)C[C@H]3F)cccc2n1CC(F)(F)F. The monoisotopic (exact) mass is 566 g/mol. The first-order chi connectivity index (χ1) is 18.4. The first kappa shape index (κ1) is 28.6. The van der Waals surface area contributed by atoms with Gasteiger partial charge in [0.25, 0.3) is 0 Å². The molecule has 7 nitrogen and oxygen atoms in total. The van der Waals surface area contributed by atoms with Crippen molar-refractivity contribution in [1.82, 2.24) is 9.47 Å². The van der Waals surface area contributed by atoms with Crippen LogP contribution in [0.2, 0.25) is 0 Å². The summed E-state index contributed by atoms with van der Waals surface area (Å²) < 4.78 is 85.1. The maximum absolute atomic E-state index is 14.6. The summed E-state index contributed by atoms with van der Waals surface area (Å²) in [5, 5.41) is 6.74. The Morgan fingerprint density at radius 1 is 1.15 bits per heavy atom. The van der Waals surface area contributed by atoms with Gasteiger partial charge < -0.3 is 24.8 Å². The molecule has 2 heterocycles. The van der Waals surface area contributed by atoms with Gasteiger partial charge in [0.2, 0.25) is 0 Å². The van der Waals surface area contributed by atoms with Gasteiger partial charge in [0.05, 0.1) is 41.5 Å². The molecule has 1 aromatic heterocycles. The summed E-state index contributed by atoms with van der Waals surface area (Å²) in [7, 11) is -0.176. The third kappa shape index (κ3) is 6.96. The van der Waals surface area contributed by atoms with Crippen LogP contribution in [0.1, 0.15) is 12.1 Å². The van der Waals surface area contributed by atoms with Crippen molar-refractivity contribution in [3.63, 3.8) is 0 Å². The van der Waals surface area contributed by atoms with E-state index < -0.39 is 34.8 Å². The minimum atomic E-state index is -4.48. The average molecular weight is 567 g/mol. The molecule has 2 N–H and O–H groups in total. The molecular weight excluding hydrogens is 536 g/mol. The lowest BCUT2D eigenvalue weighted by atomic mass is 10.0. The zero-order chi connectivity index (χ0) is 28.4. The molecule has 0 radical (unpaired) electrons. The maximum Gasteiger partial charge on any atom is 0.406 e. The summed E-state index contributed by atoms with van der Waals surface area (Å²) >= 11 is 0. The Morgan fingerprint density at radius 3 is 2.59 bits per heavy atom. The summed E-state index contributed by atoms with van der Waals surface area (Å²) in [6.07, 6.45) is -3.92. The maximum atomic E-state index is 14.6. The summed E-state index contributed by atoms with van der Waals surface area (Å²) in [6.45, 7) is -0.159. The van der Waals surface area contributed by atoms with Crippen LogP contribution in [0.15, 0.2) is 47.4 Å². The van der Waals surface area contributed by atoms with Crippen molar-refractivity contribution in [2.24, 2.45) is 0 Å². The second-order valence-corrected chi connectivity index (χ2v) is 11.6. The zero-order valence-electron chi connectivity index (χ0n) is 21.8. The van der Waals surface area contributed by atoms with E-state index in [9.17, 15) is 26.0 Å². The molecule has 0 unspecified atom stereocenters. The van der Waals surface area contributed by atoms with Crippen LogP contribution in [0.5, 0.6) is 5.75 Å². The molecule has 12 heteroatoms. The number of hydrogen-bond donors (Lipinski definition) is 2. The molecule has 4 rings (SSSR count). The van der Waals surface area contributed by atoms with Crippen molar-refractivity contribution < 1.29 is 30.7 Å². The molecule has 1 aliphatic rings. The van der Waals surface area contributed by atoms with E-state index in [-0.39, 0.29) is 23.7 Å². The standard InChI is InChI=1S/C27H30F4N4O3S/c1-34-13-11-23(21(28)16-34)33-22-7-4-8-25-20(22)14-18(35(25)17-27(29,30)31)6-5-12-32-24-10-9-19(39(3,36)37)15-26(24)38-2/h4,7-10,14-15,21,23,32-33H,11-13,16-17H2,1-3H3/t21-,23+/m1/s1. The van der Waals surface area contributed by atoms with Gasteiger partial charge in [-0.2, -0.15) is 13.2 Å². The normalized spacial score (nSPS) is 18.4. The fourth-order valence-electron chi connectivity index (χ4n) is 4.60. The van der Waals surface area contributed by atoms with Crippen LogP contribution in [-0.4, -0.2) is 76.3 Å². The molecular formula is C27H30F4N4O3S. The van der Waals surface area contributed by atoms with E-state index in [0.717, 1.165) is 10.8 Å². The molecule has 2 aromatic carbocycles. The third-order valence-corrected chi connectivity index (χ3v) is 7.66. The molecule has 1 saturated heterocycles. The van der Waals surface area contributed by atoms with E-state index in [1.165, 1.54) is 25.3 Å². The van der Waals surface area contributed by atoms with Crippen molar-refractivity contribution in [3.8, 4) is 17.6 Å². The molecule has 0 amide bonds. The lowest BCUT2D eigenvalue weighted by Gasteiger charge is -2.33. The minimum Gasteiger partial charge on any atom is -0.495 e. The summed E-state index contributed by atoms with van der Waals surface area (Å²) in [4.78, 5) is 2.00. The number of sulfone groups is 1. The van der Waals surface area contributed by atoms with Crippen LogP contribution in [0, 0.1) is 11.8 Å². The van der Waals surface area contributed by atoms with Crippen LogP contribution in [0.25, 0.3) is 10.9 Å². The van der Waals surface area contributed by atoms with Gasteiger partial charge >= 0.3 is 6.18 Å². The number of ether oxygens (including phenoxy) is 1. The van der Waals surface area contributed by atoms with Gasteiger partial charge in [-0.1, -0.05) is 12.0 Å². The lowest BCUT2D eigenvalue weighted by molar-refractivity contribution is -0.140. The number of fused-ring (bicyclic) bond motifs is 1. The third-order valence-electron chi connectivity index (χ3n) is 6.55. The Balaban J connectivity index is 1.61. The Morgan fingerprint density at radius 2 is 1.92 bits per heavy atom. The number of likely N-dealkylation sites (tertiary alicyclic amines) is 1. The largest absolute Gasteiger partial charge is 0.495 e. The summed E-state index contributed by atoms with van der Waals surface area (Å²) in [6, 6.07) is 10.5. The predicted octanol–water partition coefficient (Wildman–Crippen LogP) is 4.53. The van der Waals surface area contributed by atoms with Gasteiger partial charge in [-0.25, -0.2) is 12.8 Å². The molecule has 1 aliphatic heterocycles. The highest BCUT2D eigenvalue weighted by Crippen LogP contribution is 2.32. The van der Waals surface area contributed by atoms with Gasteiger partial charge in [-0.15, -0.1) is 0 Å². The molecule has 210 valence electrons. The van der Waals surface area contributed by atoms with E-state index in [1.807, 2.05) is 11.9 Å². The van der Waals surface area contributed by atoms with Crippen LogP contribution >= 0.6 is 0 Å². The van der Waals surface area contributed by atoms with Gasteiger partial charge in [-0.05, 0) is 49.7 Å². The van der Waals surface area contributed by atoms with Crippen molar-refractivity contribution in [1.29, 1.82) is 0 Å². The fraction of sp³-hybridized carbons (Fsp3) is 0.407. The predicted molar refractivity (Wildman–Crippen MR) is 144 cm³/mol. The van der Waals surface area contributed by atoms with E-state index in [0.29, 0.717) is 41.0 Å². The number of hydrogen-bond acceptors (Lipinski definition) is 6. The van der Waals surface area contributed by atoms with Crippen molar-refractivity contribution in [2.45, 2.75) is 36.3 Å². The van der Waals surface area contributed by atoms with Crippen molar-refractivity contribution in [2.75, 3.05) is 50.7 Å². The Bertz CT molecular complexity index is 1510. The fourth-order valence-corrected chi connectivity index (χ4v) is 5.24. The van der Waals surface area contributed by atoms with Crippen LogP contribution in [0.3, 0.4) is 0 Å². The first-order valence-electron chi connectivity index (χ1n) is 12.2. The number of piperidine rings is 1.